The van der Waals surface area contributed by atoms with Gasteiger partial charge in [-0.15, -0.1) is 0 Å². The first-order valence-corrected chi connectivity index (χ1v) is 7.20. The summed E-state index contributed by atoms with van der Waals surface area (Å²) in [5.74, 6) is 0.167. The SMILES string of the molecule is CC(C)=O.c1ccccc1.c1ccccc1.c1ccccc1. The predicted molar refractivity (Wildman–Crippen MR) is 95.7 cm³/mol. The van der Waals surface area contributed by atoms with Gasteiger partial charge in [-0.05, 0) is 13.8 Å². The van der Waals surface area contributed by atoms with E-state index < -0.39 is 0 Å². The van der Waals surface area contributed by atoms with E-state index in [2.05, 4.69) is 0 Å². The zero-order valence-corrected chi connectivity index (χ0v) is 13.3. The maximum atomic E-state index is 9.44. The van der Waals surface area contributed by atoms with Crippen LogP contribution in [0.15, 0.2) is 109 Å². The third-order valence-corrected chi connectivity index (χ3v) is 2.00. The normalized spacial score (nSPS) is 7.73. The Labute approximate surface area is 134 Å². The molecule has 0 aliphatic carbocycles. The molecule has 0 aliphatic heterocycles. The molecule has 3 aromatic carbocycles. The van der Waals surface area contributed by atoms with Crippen LogP contribution in [0, 0.1) is 0 Å². The van der Waals surface area contributed by atoms with Crippen LogP contribution >= 0.6 is 0 Å². The summed E-state index contributed by atoms with van der Waals surface area (Å²) in [6, 6.07) is 36.0. The van der Waals surface area contributed by atoms with Crippen molar-refractivity contribution in [2.75, 3.05) is 0 Å². The van der Waals surface area contributed by atoms with E-state index >= 15 is 0 Å². The van der Waals surface area contributed by atoms with E-state index in [1.54, 1.807) is 0 Å². The molecule has 0 saturated heterocycles. The second kappa shape index (κ2) is 16.4. The Kier molecular flexibility index (Phi) is 14.4. The quantitative estimate of drug-likeness (QED) is 0.523. The van der Waals surface area contributed by atoms with Crippen molar-refractivity contribution in [1.82, 2.24) is 0 Å². The van der Waals surface area contributed by atoms with Crippen molar-refractivity contribution in [2.45, 2.75) is 13.8 Å². The van der Waals surface area contributed by atoms with Gasteiger partial charge in [-0.3, -0.25) is 0 Å². The lowest BCUT2D eigenvalue weighted by atomic mass is 10.4. The Morgan fingerprint density at radius 2 is 0.409 bits per heavy atom. The second-order valence-electron chi connectivity index (χ2n) is 4.37. The Morgan fingerprint density at radius 1 is 0.364 bits per heavy atom. The first-order valence-electron chi connectivity index (χ1n) is 7.20. The number of ketones is 1. The molecule has 0 aromatic heterocycles. The smallest absolute Gasteiger partial charge is 0.126 e. The van der Waals surface area contributed by atoms with Crippen LogP contribution in [-0.2, 0) is 4.79 Å². The number of hydrogen-bond acceptors (Lipinski definition) is 1. The van der Waals surface area contributed by atoms with Crippen LogP contribution in [0.1, 0.15) is 13.8 Å². The zero-order chi connectivity index (χ0) is 16.3. The minimum atomic E-state index is 0.167. The number of benzene rings is 3. The van der Waals surface area contributed by atoms with Gasteiger partial charge in [-0.1, -0.05) is 109 Å². The molecule has 3 aromatic rings. The summed E-state index contributed by atoms with van der Waals surface area (Å²) in [6.07, 6.45) is 0. The lowest BCUT2D eigenvalue weighted by Gasteiger charge is -1.69. The van der Waals surface area contributed by atoms with Crippen molar-refractivity contribution in [3.8, 4) is 0 Å². The fourth-order valence-corrected chi connectivity index (χ4v) is 1.15. The maximum absolute atomic E-state index is 9.44. The molecule has 0 aliphatic rings. The van der Waals surface area contributed by atoms with E-state index in [-0.39, 0.29) is 5.78 Å². The van der Waals surface area contributed by atoms with Crippen molar-refractivity contribution in [3.05, 3.63) is 109 Å². The average molecular weight is 292 g/mol. The number of rotatable bonds is 0. The highest BCUT2D eigenvalue weighted by molar-refractivity contribution is 5.72. The van der Waals surface area contributed by atoms with Gasteiger partial charge in [0.15, 0.2) is 0 Å². The fourth-order valence-electron chi connectivity index (χ4n) is 1.15. The van der Waals surface area contributed by atoms with Gasteiger partial charge in [-0.25, -0.2) is 0 Å². The van der Waals surface area contributed by atoms with E-state index in [1.807, 2.05) is 109 Å². The fraction of sp³-hybridized carbons (Fsp3) is 0.0952. The molecule has 0 atom stereocenters. The highest BCUT2D eigenvalue weighted by Gasteiger charge is 1.62. The van der Waals surface area contributed by atoms with Crippen molar-refractivity contribution < 1.29 is 4.79 Å². The van der Waals surface area contributed by atoms with Crippen molar-refractivity contribution in [1.29, 1.82) is 0 Å². The zero-order valence-electron chi connectivity index (χ0n) is 13.3. The molecule has 0 N–H and O–H groups in total. The average Bonchev–Trinajstić information content (AvgIpc) is 2.60. The number of Topliss-reactive ketones (excluding diaryl/α,β-unsaturated/α-hetero) is 1. The molecule has 1 heteroatoms. The molecule has 3 rings (SSSR count). The Bertz CT molecular complexity index is 374. The summed E-state index contributed by atoms with van der Waals surface area (Å²) in [6.45, 7) is 3.06. The minimum Gasteiger partial charge on any atom is -0.300 e. The lowest BCUT2D eigenvalue weighted by molar-refractivity contribution is -0.114. The summed E-state index contributed by atoms with van der Waals surface area (Å²) in [5.41, 5.74) is 0. The maximum Gasteiger partial charge on any atom is 0.126 e. The van der Waals surface area contributed by atoms with E-state index in [1.165, 1.54) is 13.8 Å². The lowest BCUT2D eigenvalue weighted by Crippen LogP contribution is -1.69. The summed E-state index contributed by atoms with van der Waals surface area (Å²) in [7, 11) is 0. The molecule has 0 radical (unpaired) electrons. The molecule has 0 amide bonds. The van der Waals surface area contributed by atoms with E-state index in [0.717, 1.165) is 0 Å². The van der Waals surface area contributed by atoms with E-state index in [0.29, 0.717) is 0 Å². The first kappa shape index (κ1) is 19.3. The monoisotopic (exact) mass is 292 g/mol. The van der Waals surface area contributed by atoms with Crippen LogP contribution in [0.3, 0.4) is 0 Å². The molecule has 22 heavy (non-hydrogen) atoms. The molecule has 1 nitrogen and oxygen atoms in total. The predicted octanol–water partition coefficient (Wildman–Crippen LogP) is 5.66. The van der Waals surface area contributed by atoms with Crippen molar-refractivity contribution >= 4 is 5.78 Å². The van der Waals surface area contributed by atoms with Crippen molar-refractivity contribution in [3.63, 3.8) is 0 Å². The Morgan fingerprint density at radius 3 is 0.455 bits per heavy atom. The second-order valence-corrected chi connectivity index (χ2v) is 4.37. The van der Waals surface area contributed by atoms with Gasteiger partial charge in [0.1, 0.15) is 5.78 Å². The molecule has 0 saturated carbocycles. The molecule has 0 unspecified atom stereocenters. The molecular formula is C21H24O. The molecule has 0 spiro atoms. The topological polar surface area (TPSA) is 17.1 Å². The molecule has 0 fully saturated rings. The number of hydrogen-bond donors (Lipinski definition) is 0. The van der Waals surface area contributed by atoms with Crippen LogP contribution in [0.2, 0.25) is 0 Å². The van der Waals surface area contributed by atoms with Crippen LogP contribution in [-0.4, -0.2) is 5.78 Å². The van der Waals surface area contributed by atoms with Gasteiger partial charge < -0.3 is 4.79 Å². The van der Waals surface area contributed by atoms with Gasteiger partial charge in [0.05, 0.1) is 0 Å². The highest BCUT2D eigenvalue weighted by Crippen LogP contribution is 1.81. The third-order valence-electron chi connectivity index (χ3n) is 2.00. The first-order chi connectivity index (χ1) is 10.7. The minimum absolute atomic E-state index is 0.167. The number of carbonyl (C=O) groups excluding carboxylic acids is 1. The Balaban J connectivity index is 0.000000271. The third kappa shape index (κ3) is 19.7. The Hall–Kier alpha value is -2.67. The van der Waals surface area contributed by atoms with E-state index in [4.69, 9.17) is 0 Å². The van der Waals surface area contributed by atoms with Gasteiger partial charge in [-0.2, -0.15) is 0 Å². The van der Waals surface area contributed by atoms with Gasteiger partial charge in [0.25, 0.3) is 0 Å². The van der Waals surface area contributed by atoms with Gasteiger partial charge >= 0.3 is 0 Å². The summed E-state index contributed by atoms with van der Waals surface area (Å²) in [4.78, 5) is 9.44. The van der Waals surface area contributed by atoms with E-state index in [9.17, 15) is 4.79 Å². The highest BCUT2D eigenvalue weighted by atomic mass is 16.1. The van der Waals surface area contributed by atoms with Crippen LogP contribution < -0.4 is 0 Å². The van der Waals surface area contributed by atoms with Crippen LogP contribution in [0.4, 0.5) is 0 Å². The standard InChI is InChI=1S/3C6H6.C3H6O/c3*1-2-4-6-5-3-1;1-3(2)4/h3*1-6H;1-2H3. The molecular weight excluding hydrogens is 268 g/mol. The molecule has 114 valence electrons. The van der Waals surface area contributed by atoms with Gasteiger partial charge in [0, 0.05) is 0 Å². The largest absolute Gasteiger partial charge is 0.300 e. The summed E-state index contributed by atoms with van der Waals surface area (Å²) in [5, 5.41) is 0. The van der Waals surface area contributed by atoms with Crippen LogP contribution in [0.5, 0.6) is 0 Å². The molecule has 0 bridgehead atoms. The molecule has 0 heterocycles. The van der Waals surface area contributed by atoms with Crippen molar-refractivity contribution in [2.24, 2.45) is 0 Å². The summed E-state index contributed by atoms with van der Waals surface area (Å²) >= 11 is 0. The van der Waals surface area contributed by atoms with Crippen LogP contribution in [0.25, 0.3) is 0 Å². The number of carbonyl (C=O) groups is 1. The summed E-state index contributed by atoms with van der Waals surface area (Å²) < 4.78 is 0. The van der Waals surface area contributed by atoms with Gasteiger partial charge in [0.2, 0.25) is 0 Å².